The quantitative estimate of drug-likeness (QED) is 0.506. The van der Waals surface area contributed by atoms with Crippen LogP contribution in [0.1, 0.15) is 51.5 Å². The Hall–Kier alpha value is -3.54. The number of benzene rings is 2. The van der Waals surface area contributed by atoms with Crippen molar-refractivity contribution in [1.29, 1.82) is 0 Å². The Kier molecular flexibility index (Phi) is 7.09. The number of carbonyl (C=O) groups excluding carboxylic acids is 2. The van der Waals surface area contributed by atoms with Crippen LogP contribution < -0.4 is 20.3 Å². The number of allylic oxidation sites excluding steroid dienone is 3. The number of nitrogens with one attached hydrogen (secondary N) is 2. The molecule has 5 rings (SSSR count). The molecular formula is C31H37N3O3. The lowest BCUT2D eigenvalue weighted by atomic mass is 9.71. The van der Waals surface area contributed by atoms with Crippen LogP contribution in [0.5, 0.6) is 5.75 Å². The second-order valence-electron chi connectivity index (χ2n) is 11.2. The minimum absolute atomic E-state index is 0.0790. The average Bonchev–Trinajstić information content (AvgIpc) is 3.02. The highest BCUT2D eigenvalue weighted by Crippen LogP contribution is 2.46. The summed E-state index contributed by atoms with van der Waals surface area (Å²) in [5, 5.41) is 6.74. The molecule has 0 saturated heterocycles. The molecule has 0 radical (unpaired) electrons. The van der Waals surface area contributed by atoms with Gasteiger partial charge in [0.05, 0.1) is 31.1 Å². The van der Waals surface area contributed by atoms with E-state index < -0.39 is 0 Å². The topological polar surface area (TPSA) is 70.7 Å². The van der Waals surface area contributed by atoms with Crippen LogP contribution in [0.25, 0.3) is 0 Å². The molecule has 1 amide bonds. The lowest BCUT2D eigenvalue weighted by Gasteiger charge is -2.41. The Morgan fingerprint density at radius 2 is 1.89 bits per heavy atom. The summed E-state index contributed by atoms with van der Waals surface area (Å²) < 4.78 is 5.45. The van der Waals surface area contributed by atoms with Gasteiger partial charge >= 0.3 is 0 Å². The van der Waals surface area contributed by atoms with Crippen molar-refractivity contribution in [3.8, 4) is 5.75 Å². The minimum Gasteiger partial charge on any atom is -0.496 e. The Bertz CT molecular complexity index is 1250. The zero-order chi connectivity index (χ0) is 26.0. The maximum atomic E-state index is 13.8. The number of carbonyl (C=O) groups is 2. The van der Waals surface area contributed by atoms with E-state index in [9.17, 15) is 9.59 Å². The van der Waals surface area contributed by atoms with E-state index in [0.29, 0.717) is 13.0 Å². The van der Waals surface area contributed by atoms with Crippen LogP contribution in [0.3, 0.4) is 0 Å². The van der Waals surface area contributed by atoms with Crippen LogP contribution >= 0.6 is 0 Å². The number of ketones is 1. The summed E-state index contributed by atoms with van der Waals surface area (Å²) in [4.78, 5) is 29.4. The number of amides is 1. The maximum Gasteiger partial charge on any atom is 0.239 e. The van der Waals surface area contributed by atoms with Crippen molar-refractivity contribution < 1.29 is 14.3 Å². The summed E-state index contributed by atoms with van der Waals surface area (Å²) in [6, 6.07) is 15.7. The third-order valence-electron chi connectivity index (χ3n) is 7.79. The van der Waals surface area contributed by atoms with Crippen molar-refractivity contribution in [2.45, 2.75) is 58.5 Å². The molecular weight excluding hydrogens is 462 g/mol. The van der Waals surface area contributed by atoms with Gasteiger partial charge in [-0.1, -0.05) is 56.3 Å². The summed E-state index contributed by atoms with van der Waals surface area (Å²) in [5.41, 5.74) is 4.63. The van der Waals surface area contributed by atoms with E-state index >= 15 is 0 Å². The van der Waals surface area contributed by atoms with Crippen LogP contribution in [-0.4, -0.2) is 31.4 Å². The first kappa shape index (κ1) is 25.1. The van der Waals surface area contributed by atoms with Gasteiger partial charge in [-0.05, 0) is 55.2 Å². The Morgan fingerprint density at radius 3 is 2.68 bits per heavy atom. The number of ether oxygens (including phenoxy) is 1. The lowest BCUT2D eigenvalue weighted by molar-refractivity contribution is -0.121. The van der Waals surface area contributed by atoms with Gasteiger partial charge in [0.1, 0.15) is 5.75 Å². The summed E-state index contributed by atoms with van der Waals surface area (Å²) in [5.74, 6) is 1.13. The van der Waals surface area contributed by atoms with E-state index in [1.165, 1.54) is 0 Å². The van der Waals surface area contributed by atoms with Crippen molar-refractivity contribution in [3.05, 3.63) is 77.5 Å². The van der Waals surface area contributed by atoms with Crippen LogP contribution in [-0.2, 0) is 16.1 Å². The number of Topliss-reactive ketones (excluding diaryl/α,β-unsaturated/α-hetero) is 1. The Labute approximate surface area is 219 Å². The van der Waals surface area contributed by atoms with Crippen molar-refractivity contribution in [1.82, 2.24) is 5.32 Å². The molecule has 37 heavy (non-hydrogen) atoms. The second-order valence-corrected chi connectivity index (χ2v) is 11.2. The molecule has 0 saturated carbocycles. The van der Waals surface area contributed by atoms with Gasteiger partial charge in [-0.15, -0.1) is 0 Å². The zero-order valence-electron chi connectivity index (χ0n) is 22.0. The van der Waals surface area contributed by atoms with Crippen molar-refractivity contribution in [2.24, 2.45) is 11.3 Å². The standard InChI is InChI=1S/C31H37N3O3/c1-31(2)17-24-29(26(35)18-31)30(21-11-5-4-6-12-21)34(25-15-9-8-14-23(25)33-24)20-28(36)32-19-22-13-7-10-16-27(22)37-3/h4-5,7-10,13-16,21,30,33H,6,11-12,17-20H2,1-3H3,(H,32,36). The monoisotopic (exact) mass is 499 g/mol. The summed E-state index contributed by atoms with van der Waals surface area (Å²) in [6.07, 6.45) is 8.69. The molecule has 2 aromatic carbocycles. The number of hydrogen-bond donors (Lipinski definition) is 2. The van der Waals surface area contributed by atoms with Gasteiger partial charge in [-0.2, -0.15) is 0 Å². The van der Waals surface area contributed by atoms with E-state index in [1.807, 2.05) is 36.4 Å². The molecule has 0 bridgehead atoms. The Balaban J connectivity index is 1.51. The third kappa shape index (κ3) is 5.29. The van der Waals surface area contributed by atoms with Crippen LogP contribution in [0, 0.1) is 11.3 Å². The predicted molar refractivity (Wildman–Crippen MR) is 148 cm³/mol. The van der Waals surface area contributed by atoms with E-state index in [4.69, 9.17) is 4.74 Å². The first-order valence-corrected chi connectivity index (χ1v) is 13.3. The molecule has 1 heterocycles. The van der Waals surface area contributed by atoms with E-state index in [2.05, 4.69) is 53.7 Å². The highest BCUT2D eigenvalue weighted by Gasteiger charge is 2.43. The first-order chi connectivity index (χ1) is 17.9. The molecule has 0 spiro atoms. The summed E-state index contributed by atoms with van der Waals surface area (Å²) in [7, 11) is 1.64. The molecule has 194 valence electrons. The molecule has 0 fully saturated rings. The van der Waals surface area contributed by atoms with E-state index in [0.717, 1.165) is 59.6 Å². The summed E-state index contributed by atoms with van der Waals surface area (Å²) >= 11 is 0. The maximum absolute atomic E-state index is 13.8. The second kappa shape index (κ2) is 10.4. The number of hydrogen-bond acceptors (Lipinski definition) is 5. The van der Waals surface area contributed by atoms with Gasteiger partial charge in [0.15, 0.2) is 5.78 Å². The predicted octanol–water partition coefficient (Wildman–Crippen LogP) is 5.61. The number of fused-ring (bicyclic) bond motifs is 1. The van der Waals surface area contributed by atoms with Crippen LogP contribution in [0.2, 0.25) is 0 Å². The number of rotatable bonds is 6. The largest absolute Gasteiger partial charge is 0.496 e. The fraction of sp³-hybridized carbons (Fsp3) is 0.419. The first-order valence-electron chi connectivity index (χ1n) is 13.3. The number of para-hydroxylation sites is 3. The van der Waals surface area contributed by atoms with Gasteiger partial charge in [-0.25, -0.2) is 0 Å². The molecule has 6 heteroatoms. The molecule has 2 aliphatic carbocycles. The zero-order valence-corrected chi connectivity index (χ0v) is 22.0. The van der Waals surface area contributed by atoms with Gasteiger partial charge in [0.25, 0.3) is 0 Å². The minimum atomic E-state index is -0.156. The van der Waals surface area contributed by atoms with E-state index in [1.54, 1.807) is 7.11 Å². The summed E-state index contributed by atoms with van der Waals surface area (Å²) in [6.45, 7) is 4.88. The fourth-order valence-electron chi connectivity index (χ4n) is 6.12. The van der Waals surface area contributed by atoms with Gasteiger partial charge < -0.3 is 20.3 Å². The van der Waals surface area contributed by atoms with Crippen molar-refractivity contribution in [3.63, 3.8) is 0 Å². The molecule has 2 atom stereocenters. The molecule has 3 aliphatic rings. The number of methoxy groups -OCH3 is 1. The molecule has 6 nitrogen and oxygen atoms in total. The highest BCUT2D eigenvalue weighted by atomic mass is 16.5. The van der Waals surface area contributed by atoms with Gasteiger partial charge in [0.2, 0.25) is 5.91 Å². The smallest absolute Gasteiger partial charge is 0.239 e. The van der Waals surface area contributed by atoms with Crippen LogP contribution in [0.15, 0.2) is 72.0 Å². The average molecular weight is 500 g/mol. The van der Waals surface area contributed by atoms with E-state index in [-0.39, 0.29) is 35.6 Å². The van der Waals surface area contributed by atoms with Crippen molar-refractivity contribution >= 4 is 23.1 Å². The number of anilines is 2. The Morgan fingerprint density at radius 1 is 1.11 bits per heavy atom. The normalized spacial score (nSPS) is 22.5. The molecule has 0 aromatic heterocycles. The highest BCUT2D eigenvalue weighted by molar-refractivity contribution is 6.01. The SMILES string of the molecule is COc1ccccc1CNC(=O)CN1c2ccccc2NC2=C(C(=O)CC(C)(C)C2)C1C1CC=CCC1. The lowest BCUT2D eigenvalue weighted by Crippen LogP contribution is -2.49. The molecule has 2 N–H and O–H groups in total. The van der Waals surface area contributed by atoms with Crippen LogP contribution in [0.4, 0.5) is 11.4 Å². The molecule has 2 aromatic rings. The molecule has 2 unspecified atom stereocenters. The van der Waals surface area contributed by atoms with Crippen molar-refractivity contribution in [2.75, 3.05) is 23.9 Å². The third-order valence-corrected chi connectivity index (χ3v) is 7.79. The van der Waals surface area contributed by atoms with Gasteiger partial charge in [0, 0.05) is 29.8 Å². The molecule has 1 aliphatic heterocycles. The number of nitrogens with zero attached hydrogens (tertiary/aromatic N) is 1. The fourth-order valence-corrected chi connectivity index (χ4v) is 6.12. The van der Waals surface area contributed by atoms with Gasteiger partial charge in [-0.3, -0.25) is 9.59 Å².